The largest absolute Gasteiger partial charge is 0.394 e. The minimum Gasteiger partial charge on any atom is -0.394 e. The van der Waals surface area contributed by atoms with Crippen LogP contribution in [0.15, 0.2) is 0 Å². The monoisotopic (exact) mass is 958 g/mol. The number of hydrogen-bond acceptors (Lipinski definition) is 17. The molecule has 1 saturated heterocycles. The van der Waals surface area contributed by atoms with Gasteiger partial charge in [0.15, 0.2) is 0 Å². The van der Waals surface area contributed by atoms with E-state index in [0.717, 1.165) is 26.1 Å². The van der Waals surface area contributed by atoms with Crippen molar-refractivity contribution in [2.45, 2.75) is 128 Å². The molecular weight excluding hydrogens is 871 g/mol. The average molecular weight is 958 g/mol. The second kappa shape index (κ2) is 51.3. The lowest BCUT2D eigenvalue weighted by atomic mass is 10.1. The fourth-order valence-electron chi connectivity index (χ4n) is 6.19. The fourth-order valence-corrected chi connectivity index (χ4v) is 8.48. The smallest absolute Gasteiger partial charge is 0.358 e. The quantitative estimate of drug-likeness (QED) is 0.0369. The van der Waals surface area contributed by atoms with Gasteiger partial charge in [0, 0.05) is 37.6 Å². The van der Waals surface area contributed by atoms with Crippen molar-refractivity contribution in [1.82, 2.24) is 5.06 Å². The molecule has 0 aromatic heterocycles. The van der Waals surface area contributed by atoms with Crippen molar-refractivity contribution in [2.75, 3.05) is 150 Å². The molecule has 64 heavy (non-hydrogen) atoms. The average Bonchev–Trinajstić information content (AvgIpc) is 3.61. The zero-order valence-electron chi connectivity index (χ0n) is 39.3. The number of nitrogens with zero attached hydrogens (tertiary/aromatic N) is 1. The minimum atomic E-state index is -0.811. The molecular formula is C46H87NO15S2. The summed E-state index contributed by atoms with van der Waals surface area (Å²) in [5.41, 5.74) is 0. The van der Waals surface area contributed by atoms with Crippen molar-refractivity contribution in [3.63, 3.8) is 0 Å². The van der Waals surface area contributed by atoms with Gasteiger partial charge in [0.2, 0.25) is 0 Å². The Morgan fingerprint density at radius 3 is 0.969 bits per heavy atom. The van der Waals surface area contributed by atoms with Gasteiger partial charge in [-0.15, -0.1) is 5.06 Å². The number of carbonyl (C=O) groups is 3. The van der Waals surface area contributed by atoms with E-state index in [4.69, 9.17) is 57.3 Å². The molecule has 1 aliphatic rings. The standard InChI is InChI=1S/C46H87NO15S2/c48-21-24-54-27-30-55-28-25-52-22-15-11-7-3-1-5-9-13-17-41-63-64-42-18-14-10-6-2-4-8-12-16-23-53-26-29-56-31-32-57-33-34-58-35-36-59-37-38-60-39-40-61-43-46(51)62-47-44(49)19-20-45(47)50/h48H,1-43H2. The lowest BCUT2D eigenvalue weighted by Crippen LogP contribution is -2.33. The summed E-state index contributed by atoms with van der Waals surface area (Å²) in [4.78, 5) is 39.2. The molecule has 18 heteroatoms. The molecule has 0 bridgehead atoms. The maximum atomic E-state index is 11.6. The molecule has 0 atom stereocenters. The van der Waals surface area contributed by atoms with E-state index in [-0.39, 0.29) is 39.3 Å². The Balaban J connectivity index is 1.61. The zero-order valence-corrected chi connectivity index (χ0v) is 41.0. The number of aliphatic hydroxyl groups is 1. The van der Waals surface area contributed by atoms with E-state index in [1.54, 1.807) is 0 Å². The first kappa shape index (κ1) is 60.9. The number of amides is 2. The highest BCUT2D eigenvalue weighted by molar-refractivity contribution is 8.76. The maximum absolute atomic E-state index is 11.6. The fraction of sp³-hybridized carbons (Fsp3) is 0.935. The van der Waals surface area contributed by atoms with E-state index in [1.807, 2.05) is 0 Å². The molecule has 0 saturated carbocycles. The van der Waals surface area contributed by atoms with E-state index in [0.29, 0.717) is 104 Å². The number of unbranched alkanes of at least 4 members (excludes halogenated alkanes) is 16. The van der Waals surface area contributed by atoms with Crippen LogP contribution in [0.4, 0.5) is 0 Å². The Bertz CT molecular complexity index is 1010. The van der Waals surface area contributed by atoms with Crippen molar-refractivity contribution in [2.24, 2.45) is 0 Å². The van der Waals surface area contributed by atoms with Gasteiger partial charge in [0.1, 0.15) is 6.61 Å². The van der Waals surface area contributed by atoms with E-state index >= 15 is 0 Å². The predicted octanol–water partition coefficient (Wildman–Crippen LogP) is 7.16. The van der Waals surface area contributed by atoms with Crippen LogP contribution < -0.4 is 0 Å². The van der Waals surface area contributed by atoms with Crippen molar-refractivity contribution >= 4 is 39.4 Å². The van der Waals surface area contributed by atoms with Gasteiger partial charge in [0.05, 0.1) is 119 Å². The summed E-state index contributed by atoms with van der Waals surface area (Å²) in [6.07, 6.45) is 23.8. The number of imide groups is 1. The highest BCUT2D eigenvalue weighted by Gasteiger charge is 2.32. The summed E-state index contributed by atoms with van der Waals surface area (Å²) < 4.78 is 54.4. The summed E-state index contributed by atoms with van der Waals surface area (Å²) in [6, 6.07) is 0. The van der Waals surface area contributed by atoms with Crippen molar-refractivity contribution in [3.05, 3.63) is 0 Å². The summed E-state index contributed by atoms with van der Waals surface area (Å²) in [5, 5.41) is 9.12. The number of hydroxylamine groups is 2. The molecule has 0 spiro atoms. The van der Waals surface area contributed by atoms with Crippen LogP contribution in [-0.4, -0.2) is 178 Å². The molecule has 1 heterocycles. The lowest BCUT2D eigenvalue weighted by Gasteiger charge is -2.12. The summed E-state index contributed by atoms with van der Waals surface area (Å²) in [6.45, 7) is 9.31. The highest BCUT2D eigenvalue weighted by Crippen LogP contribution is 2.25. The van der Waals surface area contributed by atoms with E-state index in [1.165, 1.54) is 114 Å². The molecule has 1 aliphatic heterocycles. The molecule has 378 valence electrons. The first-order chi connectivity index (χ1) is 31.6. The Kier molecular flexibility index (Phi) is 48.8. The molecule has 1 rings (SSSR count). The molecule has 1 N–H and O–H groups in total. The first-order valence-corrected chi connectivity index (χ1v) is 26.8. The Hall–Kier alpha value is -1.13. The van der Waals surface area contributed by atoms with Crippen molar-refractivity contribution in [3.8, 4) is 0 Å². The third-order valence-corrected chi connectivity index (χ3v) is 12.3. The van der Waals surface area contributed by atoms with E-state index in [9.17, 15) is 14.4 Å². The van der Waals surface area contributed by atoms with Gasteiger partial charge in [-0.1, -0.05) is 111 Å². The van der Waals surface area contributed by atoms with Crippen LogP contribution in [0, 0.1) is 0 Å². The maximum Gasteiger partial charge on any atom is 0.358 e. The van der Waals surface area contributed by atoms with Crippen LogP contribution in [0.5, 0.6) is 0 Å². The minimum absolute atomic E-state index is 0.0477. The molecule has 0 unspecified atom stereocenters. The predicted molar refractivity (Wildman–Crippen MR) is 250 cm³/mol. The molecule has 2 amide bonds. The number of hydrogen-bond donors (Lipinski definition) is 1. The van der Waals surface area contributed by atoms with Crippen LogP contribution in [0.1, 0.15) is 128 Å². The summed E-state index contributed by atoms with van der Waals surface area (Å²) in [7, 11) is 4.15. The third kappa shape index (κ3) is 44.7. The molecule has 0 aromatic rings. The van der Waals surface area contributed by atoms with Gasteiger partial charge >= 0.3 is 5.97 Å². The van der Waals surface area contributed by atoms with Crippen LogP contribution in [-0.2, 0) is 66.6 Å². The van der Waals surface area contributed by atoms with Gasteiger partial charge < -0.3 is 57.3 Å². The van der Waals surface area contributed by atoms with Gasteiger partial charge in [-0.05, 0) is 25.7 Å². The summed E-state index contributed by atoms with van der Waals surface area (Å²) in [5.74, 6) is 0.725. The topological polar surface area (TPSA) is 176 Å². The number of carbonyl (C=O) groups excluding carboxylic acids is 3. The molecule has 1 fully saturated rings. The summed E-state index contributed by atoms with van der Waals surface area (Å²) >= 11 is 0. The SMILES string of the molecule is O=C(COCCOCCOCCOCCOCCOCCOCCCCCCCCCCCSSCCCCCCCCCCCOCCOCCOCCO)ON1C(=O)CCC1=O. The van der Waals surface area contributed by atoms with Crippen LogP contribution in [0.3, 0.4) is 0 Å². The van der Waals surface area contributed by atoms with E-state index in [2.05, 4.69) is 21.6 Å². The van der Waals surface area contributed by atoms with Crippen molar-refractivity contribution in [1.29, 1.82) is 0 Å². The van der Waals surface area contributed by atoms with Gasteiger partial charge in [0.25, 0.3) is 11.8 Å². The van der Waals surface area contributed by atoms with Gasteiger partial charge in [-0.3, -0.25) is 9.59 Å². The first-order valence-electron chi connectivity index (χ1n) is 24.3. The van der Waals surface area contributed by atoms with Crippen LogP contribution in [0.25, 0.3) is 0 Å². The Labute approximate surface area is 393 Å². The van der Waals surface area contributed by atoms with Crippen molar-refractivity contribution < 1.29 is 71.7 Å². The Morgan fingerprint density at radius 2 is 0.641 bits per heavy atom. The second-order valence-corrected chi connectivity index (χ2v) is 18.0. The number of ether oxygens (including phenoxy) is 10. The van der Waals surface area contributed by atoms with E-state index < -0.39 is 17.8 Å². The highest BCUT2D eigenvalue weighted by atomic mass is 33.1. The molecule has 0 aromatic carbocycles. The second-order valence-electron chi connectivity index (χ2n) is 15.3. The van der Waals surface area contributed by atoms with Gasteiger partial charge in [-0.2, -0.15) is 0 Å². The Morgan fingerprint density at radius 1 is 0.375 bits per heavy atom. The molecule has 0 aliphatic carbocycles. The number of rotatable bonds is 54. The zero-order chi connectivity index (χ0) is 45.9. The van der Waals surface area contributed by atoms with Gasteiger partial charge in [-0.25, -0.2) is 4.79 Å². The molecule has 16 nitrogen and oxygen atoms in total. The van der Waals surface area contributed by atoms with Crippen LogP contribution in [0.2, 0.25) is 0 Å². The number of aliphatic hydroxyl groups excluding tert-OH is 1. The molecule has 0 radical (unpaired) electrons. The third-order valence-electron chi connectivity index (χ3n) is 9.75. The normalized spacial score (nSPS) is 12.9. The lowest BCUT2D eigenvalue weighted by molar-refractivity contribution is -0.200. The van der Waals surface area contributed by atoms with Crippen LogP contribution >= 0.6 is 21.6 Å².